The van der Waals surface area contributed by atoms with Gasteiger partial charge in [0.25, 0.3) is 0 Å². The van der Waals surface area contributed by atoms with Gasteiger partial charge in [-0.2, -0.15) is 0 Å². The lowest BCUT2D eigenvalue weighted by molar-refractivity contribution is -0.232. The number of amides is 3. The van der Waals surface area contributed by atoms with Crippen LogP contribution in [0.15, 0.2) is 30.3 Å². The zero-order valence-corrected chi connectivity index (χ0v) is 33.2. The number of ether oxygens (including phenoxy) is 1. The first-order chi connectivity index (χ1) is 26.4. The van der Waals surface area contributed by atoms with Crippen LogP contribution in [0.25, 0.3) is 0 Å². The van der Waals surface area contributed by atoms with Crippen molar-refractivity contribution in [2.75, 3.05) is 6.61 Å². The van der Waals surface area contributed by atoms with Gasteiger partial charge in [0.2, 0.25) is 17.7 Å². The molecule has 55 heavy (non-hydrogen) atoms. The molecule has 3 fully saturated rings. The Bertz CT molecular complexity index is 1350. The van der Waals surface area contributed by atoms with Gasteiger partial charge in [0, 0.05) is 18.9 Å². The van der Waals surface area contributed by atoms with E-state index in [1.807, 2.05) is 44.2 Å². The zero-order valence-electron chi connectivity index (χ0n) is 32.4. The summed E-state index contributed by atoms with van der Waals surface area (Å²) in [5, 5.41) is 67.1. The average Bonchev–Trinajstić information content (AvgIpc) is 3.71. The Labute approximate surface area is 330 Å². The molecule has 0 spiro atoms. The lowest BCUT2D eigenvalue weighted by Gasteiger charge is -2.40. The van der Waals surface area contributed by atoms with E-state index in [1.165, 1.54) is 6.42 Å². The lowest BCUT2D eigenvalue weighted by atomic mass is 9.82. The zero-order chi connectivity index (χ0) is 39.9. The largest absolute Gasteiger partial charge is 0.394 e. The van der Waals surface area contributed by atoms with Gasteiger partial charge in [-0.05, 0) is 68.6 Å². The Morgan fingerprint density at radius 3 is 2.20 bits per heavy atom. The molecule has 15 heteroatoms. The van der Waals surface area contributed by atoms with Gasteiger partial charge >= 0.3 is 0 Å². The molecule has 14 nitrogen and oxygen atoms in total. The maximum atomic E-state index is 14.3. The number of unbranched alkanes of at least 4 members (excludes halogenated alkanes) is 1. The van der Waals surface area contributed by atoms with Crippen molar-refractivity contribution < 1.29 is 44.7 Å². The molecule has 1 aromatic carbocycles. The molecule has 1 heterocycles. The maximum Gasteiger partial charge on any atom is 0.243 e. The first-order valence-corrected chi connectivity index (χ1v) is 20.8. The van der Waals surface area contributed by atoms with E-state index in [0.29, 0.717) is 18.8 Å². The summed E-state index contributed by atoms with van der Waals surface area (Å²) in [5.41, 5.74) is 0.819. The Hall–Kier alpha value is -2.92. The molecule has 3 amide bonds. The van der Waals surface area contributed by atoms with E-state index in [4.69, 9.17) is 17.0 Å². The quantitative estimate of drug-likeness (QED) is 0.0900. The van der Waals surface area contributed by atoms with Gasteiger partial charge in [0.05, 0.1) is 18.8 Å². The van der Waals surface area contributed by atoms with Crippen molar-refractivity contribution in [2.45, 2.75) is 171 Å². The molecule has 310 valence electrons. The van der Waals surface area contributed by atoms with E-state index in [9.17, 15) is 39.9 Å². The SMILES string of the molecule is CCCCC(=O)N[C@@H](C)C[C@H](O)[C@H](CC1CCCCC1)NC(=O)[C@H](NC(=O)[C@@H](Cc1ccccc1)NC(=S)NC1OC(CO)C(O)C(O)C1O)C1CCCC1. The van der Waals surface area contributed by atoms with E-state index in [1.54, 1.807) is 0 Å². The normalized spacial score (nSPS) is 26.2. The Kier molecular flexibility index (Phi) is 18.5. The third-order valence-corrected chi connectivity index (χ3v) is 11.6. The second-order valence-corrected chi connectivity index (χ2v) is 16.3. The molecule has 5 unspecified atom stereocenters. The van der Waals surface area contributed by atoms with E-state index in [2.05, 4.69) is 26.6 Å². The van der Waals surface area contributed by atoms with Crippen molar-refractivity contribution >= 4 is 35.1 Å². The number of aliphatic hydroxyl groups is 5. The fourth-order valence-corrected chi connectivity index (χ4v) is 8.45. The standard InChI is InChI=1S/C40H65N5O9S/c1-3-4-19-32(48)41-24(2)20-30(47)28(21-25-13-7-5-8-14-25)42-38(53)33(27-17-11-12-18-27)44-37(52)29(22-26-15-9-6-10-16-26)43-40(55)45-39-36(51)35(50)34(49)31(23-46)54-39/h6,9-10,15-16,24-25,27-31,33-36,39,46-47,49-51H,3-5,7-8,11-14,17-23H2,1-2H3,(H,41,48)(H,42,53)(H,44,52)(H2,43,45,55)/t24-,28-,29+,30-,31?,33+,34?,35?,36?,39?/m0/s1. The van der Waals surface area contributed by atoms with Crippen LogP contribution in [0.3, 0.4) is 0 Å². The van der Waals surface area contributed by atoms with Crippen molar-refractivity contribution in [3.63, 3.8) is 0 Å². The van der Waals surface area contributed by atoms with Gasteiger partial charge in [-0.15, -0.1) is 0 Å². The molecule has 1 aromatic rings. The number of hydrogen-bond donors (Lipinski definition) is 10. The van der Waals surface area contributed by atoms with Crippen LogP contribution < -0.4 is 26.6 Å². The molecule has 4 rings (SSSR count). The van der Waals surface area contributed by atoms with Crippen LogP contribution in [0, 0.1) is 11.8 Å². The first-order valence-electron chi connectivity index (χ1n) is 20.4. The summed E-state index contributed by atoms with van der Waals surface area (Å²) in [4.78, 5) is 41.0. The van der Waals surface area contributed by atoms with Crippen LogP contribution >= 0.6 is 12.2 Å². The highest BCUT2D eigenvalue weighted by Crippen LogP contribution is 2.31. The highest BCUT2D eigenvalue weighted by Gasteiger charge is 2.44. The highest BCUT2D eigenvalue weighted by atomic mass is 32.1. The molecule has 0 aromatic heterocycles. The topological polar surface area (TPSA) is 222 Å². The summed E-state index contributed by atoms with van der Waals surface area (Å²) in [6, 6.07) is 6.55. The number of nitrogens with one attached hydrogen (secondary N) is 5. The molecule has 2 aliphatic carbocycles. The molecular weight excluding hydrogens is 727 g/mol. The minimum absolute atomic E-state index is 0.0556. The molecule has 10 atom stereocenters. The number of carbonyl (C=O) groups is 3. The molecular formula is C40H65N5O9S. The molecule has 3 aliphatic rings. The van der Waals surface area contributed by atoms with Crippen molar-refractivity contribution in [3.05, 3.63) is 35.9 Å². The number of benzene rings is 1. The molecule has 10 N–H and O–H groups in total. The summed E-state index contributed by atoms with van der Waals surface area (Å²) in [6.07, 6.45) is 3.86. The van der Waals surface area contributed by atoms with Crippen molar-refractivity contribution in [3.8, 4) is 0 Å². The van der Waals surface area contributed by atoms with Gasteiger partial charge in [0.1, 0.15) is 36.5 Å². The minimum atomic E-state index is -1.62. The highest BCUT2D eigenvalue weighted by molar-refractivity contribution is 7.80. The Morgan fingerprint density at radius 2 is 1.55 bits per heavy atom. The molecule has 0 bridgehead atoms. The summed E-state index contributed by atoms with van der Waals surface area (Å²) < 4.78 is 5.55. The smallest absolute Gasteiger partial charge is 0.243 e. The fraction of sp³-hybridized carbons (Fsp3) is 0.750. The molecule has 2 saturated carbocycles. The van der Waals surface area contributed by atoms with Crippen LogP contribution in [-0.2, 0) is 25.5 Å². The van der Waals surface area contributed by atoms with Gasteiger partial charge in [-0.3, -0.25) is 14.4 Å². The Balaban J connectivity index is 1.50. The third-order valence-electron chi connectivity index (χ3n) is 11.4. The van der Waals surface area contributed by atoms with Crippen molar-refractivity contribution in [1.82, 2.24) is 26.6 Å². The van der Waals surface area contributed by atoms with E-state index in [-0.39, 0.29) is 41.7 Å². The van der Waals surface area contributed by atoms with E-state index < -0.39 is 67.4 Å². The number of rotatable bonds is 19. The van der Waals surface area contributed by atoms with Gasteiger partial charge < -0.3 is 56.9 Å². The van der Waals surface area contributed by atoms with Crippen LogP contribution in [0.1, 0.15) is 109 Å². The summed E-state index contributed by atoms with van der Waals surface area (Å²) in [5.74, 6) is -0.675. The average molecular weight is 792 g/mol. The molecule has 0 radical (unpaired) electrons. The summed E-state index contributed by atoms with van der Waals surface area (Å²) in [7, 11) is 0. The monoisotopic (exact) mass is 791 g/mol. The van der Waals surface area contributed by atoms with Crippen molar-refractivity contribution in [2.24, 2.45) is 11.8 Å². The maximum absolute atomic E-state index is 14.3. The lowest BCUT2D eigenvalue weighted by Crippen LogP contribution is -2.65. The second-order valence-electron chi connectivity index (χ2n) is 15.9. The summed E-state index contributed by atoms with van der Waals surface area (Å²) in [6.45, 7) is 3.28. The third kappa shape index (κ3) is 13.9. The van der Waals surface area contributed by atoms with Crippen LogP contribution in [0.2, 0.25) is 0 Å². The van der Waals surface area contributed by atoms with Crippen LogP contribution in [0.4, 0.5) is 0 Å². The molecule has 1 saturated heterocycles. The van der Waals surface area contributed by atoms with Gasteiger partial charge in [-0.1, -0.05) is 88.6 Å². The predicted molar refractivity (Wildman–Crippen MR) is 211 cm³/mol. The first kappa shape index (κ1) is 44.8. The summed E-state index contributed by atoms with van der Waals surface area (Å²) >= 11 is 5.53. The number of carbonyl (C=O) groups excluding carboxylic acids is 3. The van der Waals surface area contributed by atoms with Crippen LogP contribution in [0.5, 0.6) is 0 Å². The van der Waals surface area contributed by atoms with Gasteiger partial charge in [-0.25, -0.2) is 0 Å². The van der Waals surface area contributed by atoms with Crippen LogP contribution in [-0.4, -0.2) is 116 Å². The molecule has 1 aliphatic heterocycles. The number of hydrogen-bond acceptors (Lipinski definition) is 10. The fourth-order valence-electron chi connectivity index (χ4n) is 8.19. The number of aliphatic hydroxyl groups excluding tert-OH is 5. The van der Waals surface area contributed by atoms with E-state index >= 15 is 0 Å². The Morgan fingerprint density at radius 1 is 0.873 bits per heavy atom. The van der Waals surface area contributed by atoms with E-state index in [0.717, 1.165) is 69.8 Å². The second kappa shape index (κ2) is 22.7. The van der Waals surface area contributed by atoms with Crippen molar-refractivity contribution in [1.29, 1.82) is 0 Å². The van der Waals surface area contributed by atoms with Gasteiger partial charge in [0.15, 0.2) is 11.3 Å². The predicted octanol–water partition coefficient (Wildman–Crippen LogP) is 1.44. The number of thiocarbonyl (C=S) groups is 1. The minimum Gasteiger partial charge on any atom is -0.394 e.